The Morgan fingerprint density at radius 1 is 1.37 bits per heavy atom. The minimum atomic E-state index is -0.954. The van der Waals surface area contributed by atoms with Crippen molar-refractivity contribution in [2.75, 3.05) is 0 Å². The predicted molar refractivity (Wildman–Crippen MR) is 73.9 cm³/mol. The van der Waals surface area contributed by atoms with E-state index in [0.29, 0.717) is 17.5 Å². The summed E-state index contributed by atoms with van der Waals surface area (Å²) in [7, 11) is 0. The van der Waals surface area contributed by atoms with Crippen LogP contribution in [0.5, 0.6) is 5.75 Å². The molecule has 1 heterocycles. The van der Waals surface area contributed by atoms with Crippen molar-refractivity contribution in [1.29, 1.82) is 0 Å². The average Bonchev–Trinajstić information content (AvgIpc) is 2.86. The maximum Gasteiger partial charge on any atom is 0.347 e. The molecule has 0 atom stereocenters. The van der Waals surface area contributed by atoms with E-state index in [-0.39, 0.29) is 4.88 Å². The van der Waals surface area contributed by atoms with Gasteiger partial charge < -0.3 is 9.84 Å². The van der Waals surface area contributed by atoms with Gasteiger partial charge in [0.2, 0.25) is 0 Å². The zero-order chi connectivity index (χ0) is 13.8. The Morgan fingerprint density at radius 3 is 2.58 bits per heavy atom. The lowest BCUT2D eigenvalue weighted by Gasteiger charge is -2.07. The summed E-state index contributed by atoms with van der Waals surface area (Å²) in [5.74, 6) is 0.299. The molecule has 5 heteroatoms. The van der Waals surface area contributed by atoms with Gasteiger partial charge in [-0.25, -0.2) is 9.78 Å². The lowest BCUT2D eigenvalue weighted by atomic mass is 10.0. The second-order valence-electron chi connectivity index (χ2n) is 4.44. The van der Waals surface area contributed by atoms with E-state index >= 15 is 0 Å². The zero-order valence-electron chi connectivity index (χ0n) is 10.8. The molecule has 0 saturated heterocycles. The number of ether oxygens (including phenoxy) is 1. The fourth-order valence-corrected chi connectivity index (χ4v) is 2.24. The summed E-state index contributed by atoms with van der Waals surface area (Å²) in [5, 5.41) is 9.45. The largest absolute Gasteiger partial charge is 0.486 e. The van der Waals surface area contributed by atoms with Crippen LogP contribution >= 0.6 is 11.3 Å². The minimum absolute atomic E-state index is 0.230. The van der Waals surface area contributed by atoms with Gasteiger partial charge in [-0.2, -0.15) is 0 Å². The van der Waals surface area contributed by atoms with Gasteiger partial charge in [-0.1, -0.05) is 26.0 Å². The maximum atomic E-state index is 10.7. The van der Waals surface area contributed by atoms with Crippen LogP contribution in [0.3, 0.4) is 0 Å². The van der Waals surface area contributed by atoms with Crippen LogP contribution in [0.15, 0.2) is 30.5 Å². The highest BCUT2D eigenvalue weighted by atomic mass is 32.1. The molecule has 2 aromatic rings. The Labute approximate surface area is 115 Å². The number of rotatable bonds is 5. The van der Waals surface area contributed by atoms with Crippen molar-refractivity contribution in [3.05, 3.63) is 45.9 Å². The van der Waals surface area contributed by atoms with Gasteiger partial charge in [0.15, 0.2) is 0 Å². The third kappa shape index (κ3) is 3.54. The summed E-state index contributed by atoms with van der Waals surface area (Å²) >= 11 is 1.13. The molecule has 19 heavy (non-hydrogen) atoms. The number of aromatic carboxylic acids is 1. The van der Waals surface area contributed by atoms with Crippen LogP contribution < -0.4 is 4.74 Å². The first-order chi connectivity index (χ1) is 9.06. The Bertz CT molecular complexity index is 560. The molecule has 1 aromatic carbocycles. The summed E-state index contributed by atoms with van der Waals surface area (Å²) in [6.07, 6.45) is 1.35. The molecular weight excluding hydrogens is 262 g/mol. The number of carboxylic acid groups (broad SMARTS) is 1. The van der Waals surface area contributed by atoms with E-state index in [1.165, 1.54) is 11.8 Å². The molecule has 0 radical (unpaired) electrons. The minimum Gasteiger partial charge on any atom is -0.486 e. The number of thiazole rings is 1. The summed E-state index contributed by atoms with van der Waals surface area (Å²) in [6, 6.07) is 7.90. The van der Waals surface area contributed by atoms with E-state index in [1.54, 1.807) is 0 Å². The zero-order valence-corrected chi connectivity index (χ0v) is 11.6. The molecule has 1 N–H and O–H groups in total. The quantitative estimate of drug-likeness (QED) is 0.908. The molecular formula is C14H15NO3S. The highest BCUT2D eigenvalue weighted by molar-refractivity contribution is 7.13. The van der Waals surface area contributed by atoms with Gasteiger partial charge in [-0.15, -0.1) is 11.3 Å². The summed E-state index contributed by atoms with van der Waals surface area (Å²) in [5.41, 5.74) is 1.26. The van der Waals surface area contributed by atoms with Crippen molar-refractivity contribution in [1.82, 2.24) is 4.98 Å². The molecule has 0 fully saturated rings. The number of aromatic nitrogens is 1. The van der Waals surface area contributed by atoms with Crippen molar-refractivity contribution in [2.45, 2.75) is 26.4 Å². The van der Waals surface area contributed by atoms with Gasteiger partial charge in [0.25, 0.3) is 0 Å². The van der Waals surface area contributed by atoms with E-state index in [0.717, 1.165) is 17.1 Å². The Hall–Kier alpha value is -1.88. The van der Waals surface area contributed by atoms with Crippen molar-refractivity contribution in [3.63, 3.8) is 0 Å². The van der Waals surface area contributed by atoms with Gasteiger partial charge in [0.05, 0.1) is 6.20 Å². The number of benzene rings is 1. The standard InChI is InChI=1S/C14H15NO3S/c1-9(2)10-3-5-11(6-4-10)18-8-13-15-7-12(19-13)14(16)17/h3-7,9H,8H2,1-2H3,(H,16,17). The van der Waals surface area contributed by atoms with Crippen LogP contribution in [0.2, 0.25) is 0 Å². The smallest absolute Gasteiger partial charge is 0.347 e. The van der Waals surface area contributed by atoms with E-state index < -0.39 is 5.97 Å². The van der Waals surface area contributed by atoms with E-state index in [1.807, 2.05) is 24.3 Å². The maximum absolute atomic E-state index is 10.7. The van der Waals surface area contributed by atoms with Crippen LogP contribution in [-0.4, -0.2) is 16.1 Å². The van der Waals surface area contributed by atoms with Crippen molar-refractivity contribution in [2.24, 2.45) is 0 Å². The Morgan fingerprint density at radius 2 is 2.05 bits per heavy atom. The Balaban J connectivity index is 1.96. The molecule has 1 aromatic heterocycles. The normalized spacial score (nSPS) is 10.7. The monoisotopic (exact) mass is 277 g/mol. The average molecular weight is 277 g/mol. The van der Waals surface area contributed by atoms with Crippen LogP contribution in [-0.2, 0) is 6.61 Å². The molecule has 4 nitrogen and oxygen atoms in total. The first-order valence-electron chi connectivity index (χ1n) is 5.97. The fraction of sp³-hybridized carbons (Fsp3) is 0.286. The molecule has 100 valence electrons. The number of hydrogen-bond donors (Lipinski definition) is 1. The number of nitrogens with zero attached hydrogens (tertiary/aromatic N) is 1. The van der Waals surface area contributed by atoms with Gasteiger partial charge in [0.1, 0.15) is 22.2 Å². The van der Waals surface area contributed by atoms with Crippen molar-refractivity contribution < 1.29 is 14.6 Å². The van der Waals surface area contributed by atoms with Crippen LogP contribution in [0.25, 0.3) is 0 Å². The molecule has 0 aliphatic carbocycles. The van der Waals surface area contributed by atoms with E-state index in [9.17, 15) is 4.79 Å². The third-order valence-electron chi connectivity index (χ3n) is 2.67. The van der Waals surface area contributed by atoms with Crippen LogP contribution in [0.1, 0.15) is 40.0 Å². The lowest BCUT2D eigenvalue weighted by molar-refractivity contribution is 0.0702. The van der Waals surface area contributed by atoms with Gasteiger partial charge in [0, 0.05) is 0 Å². The van der Waals surface area contributed by atoms with Gasteiger partial charge in [-0.3, -0.25) is 0 Å². The topological polar surface area (TPSA) is 59.4 Å². The van der Waals surface area contributed by atoms with Crippen molar-refractivity contribution >= 4 is 17.3 Å². The summed E-state index contributed by atoms with van der Waals surface area (Å²) < 4.78 is 5.57. The summed E-state index contributed by atoms with van der Waals surface area (Å²) in [6.45, 7) is 4.57. The van der Waals surface area contributed by atoms with Crippen molar-refractivity contribution in [3.8, 4) is 5.75 Å². The number of hydrogen-bond acceptors (Lipinski definition) is 4. The SMILES string of the molecule is CC(C)c1ccc(OCc2ncc(C(=O)O)s2)cc1. The molecule has 0 aliphatic rings. The second-order valence-corrected chi connectivity index (χ2v) is 5.55. The molecule has 0 spiro atoms. The molecule has 0 amide bonds. The first-order valence-corrected chi connectivity index (χ1v) is 6.78. The molecule has 2 rings (SSSR count). The highest BCUT2D eigenvalue weighted by Gasteiger charge is 2.08. The third-order valence-corrected chi connectivity index (χ3v) is 3.63. The number of carbonyl (C=O) groups is 1. The lowest BCUT2D eigenvalue weighted by Crippen LogP contribution is -1.95. The first kappa shape index (κ1) is 13.5. The van der Waals surface area contributed by atoms with Crippen LogP contribution in [0, 0.1) is 0 Å². The molecule has 0 saturated carbocycles. The molecule has 0 unspecified atom stereocenters. The second kappa shape index (κ2) is 5.84. The van der Waals surface area contributed by atoms with Gasteiger partial charge in [-0.05, 0) is 23.6 Å². The highest BCUT2D eigenvalue weighted by Crippen LogP contribution is 2.20. The molecule has 0 bridgehead atoms. The van der Waals surface area contributed by atoms with Crippen LogP contribution in [0.4, 0.5) is 0 Å². The Kier molecular flexibility index (Phi) is 4.16. The van der Waals surface area contributed by atoms with E-state index in [4.69, 9.17) is 9.84 Å². The molecule has 0 aliphatic heterocycles. The predicted octanol–water partition coefficient (Wildman–Crippen LogP) is 3.54. The van der Waals surface area contributed by atoms with Gasteiger partial charge >= 0.3 is 5.97 Å². The summed E-state index contributed by atoms with van der Waals surface area (Å²) in [4.78, 5) is 15.0. The van der Waals surface area contributed by atoms with E-state index in [2.05, 4.69) is 18.8 Å². The fourth-order valence-electron chi connectivity index (χ4n) is 1.57. The number of carboxylic acids is 1.